The van der Waals surface area contributed by atoms with E-state index in [0.717, 1.165) is 5.56 Å². The Hall–Kier alpha value is -4.44. The fourth-order valence-corrected chi connectivity index (χ4v) is 4.16. The van der Waals surface area contributed by atoms with Crippen molar-refractivity contribution in [3.05, 3.63) is 105 Å². The lowest BCUT2D eigenvalue weighted by Crippen LogP contribution is -2.23. The second-order valence-corrected chi connectivity index (χ2v) is 8.50. The Bertz CT molecular complexity index is 1350. The van der Waals surface area contributed by atoms with Gasteiger partial charge in [-0.2, -0.15) is 0 Å². The number of benzene rings is 3. The number of carbonyl (C=O) groups excluding carboxylic acids is 2. The lowest BCUT2D eigenvalue weighted by molar-refractivity contribution is -0.384. The van der Waals surface area contributed by atoms with Crippen molar-refractivity contribution in [1.82, 2.24) is 4.90 Å². The number of nitrogens with zero attached hydrogens (tertiary/aromatic N) is 3. The van der Waals surface area contributed by atoms with Gasteiger partial charge in [0.15, 0.2) is 5.17 Å². The molecule has 10 heteroatoms. The number of carbonyl (C=O) groups is 2. The number of non-ortho nitro benzene ring substituents is 1. The van der Waals surface area contributed by atoms with E-state index in [-0.39, 0.29) is 23.8 Å². The maximum absolute atomic E-state index is 12.7. The van der Waals surface area contributed by atoms with Crippen molar-refractivity contribution in [2.75, 3.05) is 7.05 Å². The van der Waals surface area contributed by atoms with Gasteiger partial charge in [-0.3, -0.25) is 19.8 Å². The second-order valence-electron chi connectivity index (χ2n) is 7.49. The average Bonchev–Trinajstić information content (AvgIpc) is 3.11. The van der Waals surface area contributed by atoms with E-state index < -0.39 is 10.9 Å². The summed E-state index contributed by atoms with van der Waals surface area (Å²) in [7, 11) is 1.62. The average molecular weight is 489 g/mol. The molecule has 0 spiro atoms. The number of hydrogen-bond donors (Lipinski definition) is 0. The molecular formula is C25H18N3O6S-. The van der Waals surface area contributed by atoms with Crippen LogP contribution in [0.2, 0.25) is 0 Å². The summed E-state index contributed by atoms with van der Waals surface area (Å²) in [4.78, 5) is 40.3. The Kier molecular flexibility index (Phi) is 6.93. The number of ether oxygens (including phenoxy) is 1. The number of amides is 1. The lowest BCUT2D eigenvalue weighted by Gasteiger charge is -2.07. The van der Waals surface area contributed by atoms with Crippen molar-refractivity contribution < 1.29 is 24.4 Å². The van der Waals surface area contributed by atoms with Crippen molar-refractivity contribution in [2.45, 2.75) is 6.61 Å². The summed E-state index contributed by atoms with van der Waals surface area (Å²) in [5.74, 6) is -0.882. The number of carboxylic acid groups (broad SMARTS) is 1. The summed E-state index contributed by atoms with van der Waals surface area (Å²) < 4.78 is 5.71. The standard InChI is InChI=1S/C25H19N3O6S/c1-27-23(29)22(35-25(27)26-19-9-7-18(8-10-19)24(30)31)14-16-5-11-21(12-6-16)34-15-17-3-2-4-20(13-17)28(32)33/h2-14H,15H2,1H3,(H,30,31)/p-1/b22-14-,26-25?. The SMILES string of the molecule is CN1C(=O)/C(=C/c2ccc(OCc3cccc([N+](=O)[O-])c3)cc2)SC1=Nc1ccc(C(=O)[O-])cc1. The van der Waals surface area contributed by atoms with Crippen molar-refractivity contribution in [3.8, 4) is 5.75 Å². The Morgan fingerprint density at radius 1 is 1.11 bits per heavy atom. The van der Waals surface area contributed by atoms with E-state index in [2.05, 4.69) is 4.99 Å². The molecule has 1 heterocycles. The fraction of sp³-hybridized carbons (Fsp3) is 0.0800. The van der Waals surface area contributed by atoms with Gasteiger partial charge in [0, 0.05) is 19.2 Å². The molecule has 1 fully saturated rings. The number of nitro groups is 1. The minimum Gasteiger partial charge on any atom is -0.545 e. The molecule has 3 aromatic carbocycles. The maximum Gasteiger partial charge on any atom is 0.269 e. The first-order valence-corrected chi connectivity index (χ1v) is 11.2. The van der Waals surface area contributed by atoms with Gasteiger partial charge in [0.1, 0.15) is 12.4 Å². The van der Waals surface area contributed by atoms with Gasteiger partial charge in [-0.1, -0.05) is 36.4 Å². The molecule has 35 heavy (non-hydrogen) atoms. The zero-order valence-electron chi connectivity index (χ0n) is 18.4. The zero-order chi connectivity index (χ0) is 24.9. The monoisotopic (exact) mass is 488 g/mol. The maximum atomic E-state index is 12.7. The van der Waals surface area contributed by atoms with Crippen LogP contribution in [0.15, 0.2) is 82.7 Å². The summed E-state index contributed by atoms with van der Waals surface area (Å²) >= 11 is 1.21. The molecule has 1 aliphatic rings. The zero-order valence-corrected chi connectivity index (χ0v) is 19.2. The number of hydrogen-bond acceptors (Lipinski definition) is 8. The third-order valence-electron chi connectivity index (χ3n) is 5.04. The highest BCUT2D eigenvalue weighted by molar-refractivity contribution is 8.18. The number of thioether (sulfide) groups is 1. The molecule has 9 nitrogen and oxygen atoms in total. The molecule has 1 aliphatic heterocycles. The predicted molar refractivity (Wildman–Crippen MR) is 130 cm³/mol. The number of aromatic carboxylic acids is 1. The predicted octanol–water partition coefficient (Wildman–Crippen LogP) is 3.77. The number of aliphatic imine (C=N–C) groups is 1. The van der Waals surface area contributed by atoms with Gasteiger partial charge >= 0.3 is 0 Å². The third kappa shape index (κ3) is 5.74. The van der Waals surface area contributed by atoms with E-state index in [4.69, 9.17) is 4.74 Å². The molecule has 0 aliphatic carbocycles. The number of nitro benzene ring substituents is 1. The summed E-state index contributed by atoms with van der Waals surface area (Å²) in [6.07, 6.45) is 1.75. The molecule has 176 valence electrons. The molecule has 0 atom stereocenters. The summed E-state index contributed by atoms with van der Waals surface area (Å²) in [6.45, 7) is 0.186. The topological polar surface area (TPSA) is 125 Å². The van der Waals surface area contributed by atoms with Crippen LogP contribution < -0.4 is 9.84 Å². The first-order valence-electron chi connectivity index (χ1n) is 10.3. The summed E-state index contributed by atoms with van der Waals surface area (Å²) in [5, 5.41) is 22.3. The van der Waals surface area contributed by atoms with E-state index >= 15 is 0 Å². The molecule has 0 aromatic heterocycles. The van der Waals surface area contributed by atoms with Crippen LogP contribution in [-0.2, 0) is 11.4 Å². The molecule has 0 N–H and O–H groups in total. The van der Waals surface area contributed by atoms with E-state index in [1.807, 2.05) is 0 Å². The minimum atomic E-state index is -1.27. The molecular weight excluding hydrogens is 470 g/mol. The largest absolute Gasteiger partial charge is 0.545 e. The summed E-state index contributed by atoms with van der Waals surface area (Å²) in [5.41, 5.74) is 2.05. The molecule has 0 radical (unpaired) electrons. The van der Waals surface area contributed by atoms with Crippen LogP contribution in [-0.4, -0.2) is 33.9 Å². The van der Waals surface area contributed by atoms with Crippen LogP contribution >= 0.6 is 11.8 Å². The number of rotatable bonds is 7. The highest BCUT2D eigenvalue weighted by atomic mass is 32.2. The Balaban J connectivity index is 1.42. The van der Waals surface area contributed by atoms with Gasteiger partial charge in [-0.15, -0.1) is 0 Å². The van der Waals surface area contributed by atoms with Gasteiger partial charge in [0.2, 0.25) is 0 Å². The third-order valence-corrected chi connectivity index (χ3v) is 6.10. The molecule has 1 amide bonds. The number of amidine groups is 1. The molecule has 0 saturated carbocycles. The highest BCUT2D eigenvalue weighted by Crippen LogP contribution is 2.33. The first-order chi connectivity index (χ1) is 16.8. The van der Waals surface area contributed by atoms with Gasteiger partial charge < -0.3 is 14.6 Å². The molecule has 4 rings (SSSR count). The van der Waals surface area contributed by atoms with E-state index in [1.165, 1.54) is 40.9 Å². The van der Waals surface area contributed by atoms with Crippen LogP contribution in [0, 0.1) is 10.1 Å². The van der Waals surface area contributed by atoms with Crippen LogP contribution in [0.4, 0.5) is 11.4 Å². The molecule has 3 aromatic rings. The van der Waals surface area contributed by atoms with Crippen LogP contribution in [0.3, 0.4) is 0 Å². The minimum absolute atomic E-state index is 0.00857. The van der Waals surface area contributed by atoms with Crippen LogP contribution in [0.25, 0.3) is 6.08 Å². The quantitative estimate of drug-likeness (QED) is 0.282. The van der Waals surface area contributed by atoms with Gasteiger partial charge in [-0.25, -0.2) is 4.99 Å². The Labute approximate surface area is 204 Å². The second kappa shape index (κ2) is 10.2. The van der Waals surface area contributed by atoms with Gasteiger partial charge in [-0.05, 0) is 58.8 Å². The van der Waals surface area contributed by atoms with Gasteiger partial charge in [0.05, 0.1) is 21.5 Å². The van der Waals surface area contributed by atoms with E-state index in [9.17, 15) is 24.8 Å². The lowest BCUT2D eigenvalue weighted by atomic mass is 10.2. The molecule has 1 saturated heterocycles. The number of carboxylic acids is 1. The van der Waals surface area contributed by atoms with E-state index in [0.29, 0.717) is 27.1 Å². The van der Waals surface area contributed by atoms with Crippen molar-refractivity contribution >= 4 is 46.3 Å². The Morgan fingerprint density at radius 3 is 2.49 bits per heavy atom. The Morgan fingerprint density at radius 2 is 1.83 bits per heavy atom. The smallest absolute Gasteiger partial charge is 0.269 e. The highest BCUT2D eigenvalue weighted by Gasteiger charge is 2.30. The molecule has 0 unspecified atom stereocenters. The fourth-order valence-electron chi connectivity index (χ4n) is 3.17. The number of likely N-dealkylation sites (N-methyl/N-ethyl adjacent to an activating group) is 1. The van der Waals surface area contributed by atoms with Gasteiger partial charge in [0.25, 0.3) is 11.6 Å². The first kappa shape index (κ1) is 23.7. The normalized spacial score (nSPS) is 15.6. The van der Waals surface area contributed by atoms with E-state index in [1.54, 1.807) is 61.7 Å². The van der Waals surface area contributed by atoms with Crippen LogP contribution in [0.5, 0.6) is 5.75 Å². The van der Waals surface area contributed by atoms with Crippen molar-refractivity contribution in [1.29, 1.82) is 0 Å². The van der Waals surface area contributed by atoms with Crippen molar-refractivity contribution in [2.24, 2.45) is 4.99 Å². The molecule has 0 bridgehead atoms. The summed E-state index contributed by atoms with van der Waals surface area (Å²) in [6, 6.07) is 19.3. The van der Waals surface area contributed by atoms with Crippen LogP contribution in [0.1, 0.15) is 21.5 Å². The van der Waals surface area contributed by atoms with Crippen molar-refractivity contribution in [3.63, 3.8) is 0 Å².